The maximum atomic E-state index is 12.3. The summed E-state index contributed by atoms with van der Waals surface area (Å²) in [4.78, 5) is 25.7. The number of carbonyl (C=O) groups excluding carboxylic acids is 2. The van der Waals surface area contributed by atoms with Crippen LogP contribution >= 0.6 is 31.9 Å². The molecule has 0 aliphatic carbocycles. The summed E-state index contributed by atoms with van der Waals surface area (Å²) >= 11 is 6.76. The second kappa shape index (κ2) is 9.54. The lowest BCUT2D eigenvalue weighted by atomic mass is 10.2. The van der Waals surface area contributed by atoms with Gasteiger partial charge in [0.25, 0.3) is 0 Å². The summed E-state index contributed by atoms with van der Waals surface area (Å²) in [5.74, 6) is 0.0991. The number of likely N-dealkylation sites (N-methyl/N-ethyl adjacent to an activating group) is 1. The van der Waals surface area contributed by atoms with Crippen LogP contribution in [-0.4, -0.2) is 37.4 Å². The highest BCUT2D eigenvalue weighted by Crippen LogP contribution is 2.24. The van der Waals surface area contributed by atoms with Gasteiger partial charge < -0.3 is 15.0 Å². The van der Waals surface area contributed by atoms with Crippen molar-refractivity contribution in [2.24, 2.45) is 0 Å². The largest absolute Gasteiger partial charge is 0.496 e. The van der Waals surface area contributed by atoms with Crippen LogP contribution in [0.15, 0.2) is 57.5 Å². The minimum atomic E-state index is -0.283. The number of ether oxygens (including phenoxy) is 1. The average Bonchev–Trinajstić information content (AvgIpc) is 2.61. The standard InChI is InChI=1S/C19H18Br2N2O3/c1-23(12-18(24)22-16-6-4-3-5-15(16)21)19(25)10-7-13-11-14(20)8-9-17(13)26-2/h3-11H,12H2,1-2H3,(H,22,24)/b10-7+. The smallest absolute Gasteiger partial charge is 0.246 e. The number of anilines is 1. The molecule has 0 aromatic heterocycles. The molecule has 2 aromatic rings. The van der Waals surface area contributed by atoms with Crippen LogP contribution in [0.1, 0.15) is 5.56 Å². The number of para-hydroxylation sites is 1. The first-order valence-corrected chi connectivity index (χ1v) is 9.30. The van der Waals surface area contributed by atoms with Crippen molar-refractivity contribution in [3.63, 3.8) is 0 Å². The van der Waals surface area contributed by atoms with Gasteiger partial charge in [0.15, 0.2) is 0 Å². The van der Waals surface area contributed by atoms with Crippen LogP contribution in [0.4, 0.5) is 5.69 Å². The van der Waals surface area contributed by atoms with Gasteiger partial charge in [-0.15, -0.1) is 0 Å². The van der Waals surface area contributed by atoms with Gasteiger partial charge >= 0.3 is 0 Å². The second-order valence-electron chi connectivity index (χ2n) is 5.44. The van der Waals surface area contributed by atoms with Crippen LogP contribution < -0.4 is 10.1 Å². The number of amides is 2. The molecule has 0 aliphatic rings. The number of methoxy groups -OCH3 is 1. The molecule has 0 spiro atoms. The number of rotatable bonds is 6. The van der Waals surface area contributed by atoms with E-state index in [0.29, 0.717) is 11.4 Å². The third-order valence-corrected chi connectivity index (χ3v) is 4.69. The van der Waals surface area contributed by atoms with Crippen LogP contribution in [0.3, 0.4) is 0 Å². The fourth-order valence-corrected chi connectivity index (χ4v) is 2.93. The zero-order valence-corrected chi connectivity index (χ0v) is 17.5. The van der Waals surface area contributed by atoms with E-state index in [4.69, 9.17) is 4.74 Å². The highest BCUT2D eigenvalue weighted by molar-refractivity contribution is 9.10. The molecule has 0 heterocycles. The summed E-state index contributed by atoms with van der Waals surface area (Å²) < 4.78 is 6.93. The minimum Gasteiger partial charge on any atom is -0.496 e. The number of carbonyl (C=O) groups is 2. The highest BCUT2D eigenvalue weighted by atomic mass is 79.9. The monoisotopic (exact) mass is 480 g/mol. The lowest BCUT2D eigenvalue weighted by Crippen LogP contribution is -2.33. The predicted molar refractivity (Wildman–Crippen MR) is 110 cm³/mol. The molecule has 5 nitrogen and oxygen atoms in total. The Morgan fingerprint density at radius 3 is 2.62 bits per heavy atom. The summed E-state index contributed by atoms with van der Waals surface area (Å²) in [6.07, 6.45) is 3.07. The third-order valence-electron chi connectivity index (χ3n) is 3.50. The molecule has 0 saturated heterocycles. The summed E-state index contributed by atoms with van der Waals surface area (Å²) in [6, 6.07) is 12.8. The third kappa shape index (κ3) is 5.71. The number of halogens is 2. The van der Waals surface area contributed by atoms with E-state index in [0.717, 1.165) is 14.5 Å². The van der Waals surface area contributed by atoms with Gasteiger partial charge in [-0.1, -0.05) is 28.1 Å². The SMILES string of the molecule is COc1ccc(Br)cc1/C=C/C(=O)N(C)CC(=O)Nc1ccccc1Br. The number of benzene rings is 2. The lowest BCUT2D eigenvalue weighted by molar-refractivity contribution is -0.129. The normalized spacial score (nSPS) is 10.6. The molecule has 0 aliphatic heterocycles. The van der Waals surface area contributed by atoms with Crippen molar-refractivity contribution in [2.45, 2.75) is 0 Å². The molecule has 0 atom stereocenters. The first kappa shape index (κ1) is 20.2. The molecular formula is C19H18Br2N2O3. The number of nitrogens with zero attached hydrogens (tertiary/aromatic N) is 1. The lowest BCUT2D eigenvalue weighted by Gasteiger charge is -2.15. The summed E-state index contributed by atoms with van der Waals surface area (Å²) in [5.41, 5.74) is 1.43. The van der Waals surface area contributed by atoms with Gasteiger partial charge in [-0.3, -0.25) is 9.59 Å². The molecule has 0 saturated carbocycles. The van der Waals surface area contributed by atoms with E-state index in [9.17, 15) is 9.59 Å². The maximum absolute atomic E-state index is 12.3. The Bertz CT molecular complexity index is 837. The van der Waals surface area contributed by atoms with Crippen molar-refractivity contribution >= 4 is 55.4 Å². The van der Waals surface area contributed by atoms with Gasteiger partial charge in [-0.25, -0.2) is 0 Å². The Kier molecular flexibility index (Phi) is 7.41. The minimum absolute atomic E-state index is 0.0554. The van der Waals surface area contributed by atoms with Crippen molar-refractivity contribution in [2.75, 3.05) is 26.0 Å². The van der Waals surface area contributed by atoms with Gasteiger partial charge in [0.05, 0.1) is 19.3 Å². The number of hydrogen-bond donors (Lipinski definition) is 1. The van der Waals surface area contributed by atoms with E-state index >= 15 is 0 Å². The first-order valence-electron chi connectivity index (χ1n) is 7.72. The summed E-state index contributed by atoms with van der Waals surface area (Å²) in [7, 11) is 3.14. The summed E-state index contributed by atoms with van der Waals surface area (Å²) in [6.45, 7) is -0.0554. The van der Waals surface area contributed by atoms with E-state index in [2.05, 4.69) is 37.2 Å². The van der Waals surface area contributed by atoms with E-state index < -0.39 is 0 Å². The zero-order chi connectivity index (χ0) is 19.1. The van der Waals surface area contributed by atoms with E-state index in [1.165, 1.54) is 11.0 Å². The van der Waals surface area contributed by atoms with Gasteiger partial charge in [0, 0.05) is 27.6 Å². The second-order valence-corrected chi connectivity index (χ2v) is 7.21. The molecule has 136 valence electrons. The quantitative estimate of drug-likeness (QED) is 0.624. The van der Waals surface area contributed by atoms with Gasteiger partial charge in [-0.05, 0) is 52.3 Å². The average molecular weight is 482 g/mol. The van der Waals surface area contributed by atoms with Crippen LogP contribution in [0, 0.1) is 0 Å². The Hall–Kier alpha value is -2.12. The van der Waals surface area contributed by atoms with Crippen LogP contribution in [0.2, 0.25) is 0 Å². The molecular weight excluding hydrogens is 464 g/mol. The van der Waals surface area contributed by atoms with Crippen molar-refractivity contribution in [3.8, 4) is 5.75 Å². The van der Waals surface area contributed by atoms with E-state index in [1.807, 2.05) is 36.4 Å². The van der Waals surface area contributed by atoms with Crippen LogP contribution in [-0.2, 0) is 9.59 Å². The van der Waals surface area contributed by atoms with Crippen molar-refractivity contribution in [1.82, 2.24) is 4.90 Å². The van der Waals surface area contributed by atoms with Gasteiger partial charge in [-0.2, -0.15) is 0 Å². The molecule has 7 heteroatoms. The Morgan fingerprint density at radius 1 is 1.19 bits per heavy atom. The predicted octanol–water partition coefficient (Wildman–Crippen LogP) is 4.33. The first-order chi connectivity index (χ1) is 12.4. The molecule has 1 N–H and O–H groups in total. The fraction of sp³-hybridized carbons (Fsp3) is 0.158. The molecule has 0 radical (unpaired) electrons. The van der Waals surface area contributed by atoms with Crippen LogP contribution in [0.25, 0.3) is 6.08 Å². The molecule has 0 fully saturated rings. The fourth-order valence-electron chi connectivity index (χ4n) is 2.17. The highest BCUT2D eigenvalue weighted by Gasteiger charge is 2.12. The molecule has 2 rings (SSSR count). The molecule has 2 amide bonds. The Labute approximate surface area is 169 Å². The maximum Gasteiger partial charge on any atom is 0.246 e. The van der Waals surface area contributed by atoms with Crippen molar-refractivity contribution in [1.29, 1.82) is 0 Å². The number of hydrogen-bond acceptors (Lipinski definition) is 3. The zero-order valence-electron chi connectivity index (χ0n) is 14.3. The van der Waals surface area contributed by atoms with E-state index in [-0.39, 0.29) is 18.4 Å². The Balaban J connectivity index is 1.98. The van der Waals surface area contributed by atoms with Gasteiger partial charge in [0.2, 0.25) is 11.8 Å². The summed E-state index contributed by atoms with van der Waals surface area (Å²) in [5, 5.41) is 2.77. The Morgan fingerprint density at radius 2 is 1.92 bits per heavy atom. The van der Waals surface area contributed by atoms with Gasteiger partial charge in [0.1, 0.15) is 5.75 Å². The number of nitrogens with one attached hydrogen (secondary N) is 1. The van der Waals surface area contributed by atoms with Crippen molar-refractivity contribution in [3.05, 3.63) is 63.0 Å². The molecule has 2 aromatic carbocycles. The molecule has 0 bridgehead atoms. The molecule has 26 heavy (non-hydrogen) atoms. The van der Waals surface area contributed by atoms with Crippen LogP contribution in [0.5, 0.6) is 5.75 Å². The molecule has 0 unspecified atom stereocenters. The topological polar surface area (TPSA) is 58.6 Å². The van der Waals surface area contributed by atoms with Crippen molar-refractivity contribution < 1.29 is 14.3 Å². The van der Waals surface area contributed by atoms with E-state index in [1.54, 1.807) is 26.3 Å².